The second-order valence-corrected chi connectivity index (χ2v) is 5.58. The molecule has 3 rings (SSSR count). The zero-order valence-electron chi connectivity index (χ0n) is 12.3. The van der Waals surface area contributed by atoms with E-state index < -0.39 is 0 Å². The van der Waals surface area contributed by atoms with Crippen molar-refractivity contribution in [3.05, 3.63) is 77.6 Å². The Balaban J connectivity index is 1.85. The van der Waals surface area contributed by atoms with Crippen molar-refractivity contribution < 1.29 is 0 Å². The molecule has 3 aromatic rings. The number of nitrogens with zero attached hydrogens (tertiary/aromatic N) is 4. The monoisotopic (exact) mass is 278 g/mol. The van der Waals surface area contributed by atoms with Crippen LogP contribution in [0.2, 0.25) is 0 Å². The van der Waals surface area contributed by atoms with E-state index in [4.69, 9.17) is 0 Å². The van der Waals surface area contributed by atoms with E-state index in [9.17, 15) is 0 Å². The SMILES string of the molecule is CC(C)(c1ccccc1)n1nnc(Cc2ccccc2)n1. The molecule has 0 saturated heterocycles. The fourth-order valence-corrected chi connectivity index (χ4v) is 2.29. The first-order chi connectivity index (χ1) is 10.2. The van der Waals surface area contributed by atoms with E-state index in [0.717, 1.165) is 11.4 Å². The van der Waals surface area contributed by atoms with Crippen LogP contribution in [0.25, 0.3) is 0 Å². The standard InChI is InChI=1S/C17H18N4/c1-17(2,15-11-7-4-8-12-15)21-19-16(18-20-21)13-14-9-5-3-6-10-14/h3-12H,13H2,1-2H3. The summed E-state index contributed by atoms with van der Waals surface area (Å²) < 4.78 is 0. The average Bonchev–Trinajstić information content (AvgIpc) is 2.98. The van der Waals surface area contributed by atoms with Crippen LogP contribution in [0.1, 0.15) is 30.8 Å². The topological polar surface area (TPSA) is 43.6 Å². The van der Waals surface area contributed by atoms with Crippen LogP contribution in [0.15, 0.2) is 60.7 Å². The zero-order chi connectivity index (χ0) is 14.7. The van der Waals surface area contributed by atoms with E-state index in [1.807, 2.05) is 36.4 Å². The van der Waals surface area contributed by atoms with Gasteiger partial charge in [0.05, 0.1) is 0 Å². The van der Waals surface area contributed by atoms with Gasteiger partial charge in [-0.05, 0) is 30.2 Å². The maximum Gasteiger partial charge on any atom is 0.179 e. The molecule has 0 unspecified atom stereocenters. The van der Waals surface area contributed by atoms with Gasteiger partial charge in [0.25, 0.3) is 0 Å². The Bertz CT molecular complexity index is 702. The summed E-state index contributed by atoms with van der Waals surface area (Å²) in [6.07, 6.45) is 0.700. The van der Waals surface area contributed by atoms with E-state index in [2.05, 4.69) is 53.5 Å². The van der Waals surface area contributed by atoms with Crippen LogP contribution in [0.5, 0.6) is 0 Å². The van der Waals surface area contributed by atoms with Crippen molar-refractivity contribution in [2.24, 2.45) is 0 Å². The lowest BCUT2D eigenvalue weighted by atomic mass is 9.95. The Morgan fingerprint density at radius 1 is 0.905 bits per heavy atom. The molecule has 0 aliphatic carbocycles. The number of hydrogen-bond acceptors (Lipinski definition) is 3. The van der Waals surface area contributed by atoms with Crippen LogP contribution in [0, 0.1) is 0 Å². The highest BCUT2D eigenvalue weighted by molar-refractivity contribution is 5.23. The predicted molar refractivity (Wildman–Crippen MR) is 81.9 cm³/mol. The fraction of sp³-hybridized carbons (Fsp3) is 0.235. The molecule has 4 heteroatoms. The summed E-state index contributed by atoms with van der Waals surface area (Å²) in [5.41, 5.74) is 2.03. The molecule has 2 aromatic carbocycles. The number of tetrazole rings is 1. The zero-order valence-corrected chi connectivity index (χ0v) is 12.3. The molecule has 0 radical (unpaired) electrons. The molecule has 0 saturated carbocycles. The molecule has 1 aromatic heterocycles. The summed E-state index contributed by atoms with van der Waals surface area (Å²) in [5.74, 6) is 0.741. The molecule has 1 heterocycles. The van der Waals surface area contributed by atoms with Crippen molar-refractivity contribution >= 4 is 0 Å². The lowest BCUT2D eigenvalue weighted by Gasteiger charge is -2.23. The molecule has 4 nitrogen and oxygen atoms in total. The van der Waals surface area contributed by atoms with E-state index >= 15 is 0 Å². The van der Waals surface area contributed by atoms with Gasteiger partial charge in [-0.25, -0.2) is 0 Å². The minimum Gasteiger partial charge on any atom is -0.154 e. The lowest BCUT2D eigenvalue weighted by molar-refractivity contribution is 0.335. The first-order valence-corrected chi connectivity index (χ1v) is 7.05. The van der Waals surface area contributed by atoms with Crippen LogP contribution in [-0.2, 0) is 12.0 Å². The van der Waals surface area contributed by atoms with Crippen molar-refractivity contribution in [3.63, 3.8) is 0 Å². The second-order valence-electron chi connectivity index (χ2n) is 5.58. The van der Waals surface area contributed by atoms with Gasteiger partial charge in [-0.15, -0.1) is 10.2 Å². The average molecular weight is 278 g/mol. The number of benzene rings is 2. The van der Waals surface area contributed by atoms with Crippen molar-refractivity contribution in [3.8, 4) is 0 Å². The van der Waals surface area contributed by atoms with E-state index in [-0.39, 0.29) is 5.54 Å². The predicted octanol–water partition coefficient (Wildman–Crippen LogP) is 3.05. The maximum atomic E-state index is 4.55. The van der Waals surface area contributed by atoms with Crippen molar-refractivity contribution in [2.75, 3.05) is 0 Å². The Morgan fingerprint density at radius 2 is 1.52 bits per heavy atom. The van der Waals surface area contributed by atoms with E-state index in [1.54, 1.807) is 4.80 Å². The minimum absolute atomic E-state index is 0.316. The largest absolute Gasteiger partial charge is 0.179 e. The molecule has 0 amide bonds. The minimum atomic E-state index is -0.316. The highest BCUT2D eigenvalue weighted by Crippen LogP contribution is 2.23. The van der Waals surface area contributed by atoms with Crippen molar-refractivity contribution in [1.82, 2.24) is 20.2 Å². The van der Waals surface area contributed by atoms with E-state index in [1.165, 1.54) is 5.56 Å². The smallest absolute Gasteiger partial charge is 0.154 e. The van der Waals surface area contributed by atoms with E-state index in [0.29, 0.717) is 6.42 Å². The molecule has 21 heavy (non-hydrogen) atoms. The van der Waals surface area contributed by atoms with Gasteiger partial charge in [-0.1, -0.05) is 60.7 Å². The van der Waals surface area contributed by atoms with Crippen LogP contribution >= 0.6 is 0 Å². The fourth-order valence-electron chi connectivity index (χ4n) is 2.29. The molecule has 0 aliphatic heterocycles. The maximum absolute atomic E-state index is 4.55. The van der Waals surface area contributed by atoms with Crippen LogP contribution in [-0.4, -0.2) is 20.2 Å². The number of hydrogen-bond donors (Lipinski definition) is 0. The molecule has 0 spiro atoms. The Labute approximate surface area is 124 Å². The summed E-state index contributed by atoms with van der Waals surface area (Å²) in [6, 6.07) is 20.4. The molecular formula is C17H18N4. The third-order valence-electron chi connectivity index (χ3n) is 3.64. The molecule has 106 valence electrons. The van der Waals surface area contributed by atoms with Gasteiger partial charge < -0.3 is 0 Å². The van der Waals surface area contributed by atoms with Gasteiger partial charge in [-0.2, -0.15) is 4.80 Å². The normalized spacial score (nSPS) is 11.5. The van der Waals surface area contributed by atoms with Gasteiger partial charge in [-0.3, -0.25) is 0 Å². The summed E-state index contributed by atoms with van der Waals surface area (Å²) in [5, 5.41) is 13.0. The highest BCUT2D eigenvalue weighted by Gasteiger charge is 2.25. The first kappa shape index (κ1) is 13.5. The molecule has 0 atom stereocenters. The van der Waals surface area contributed by atoms with Crippen molar-refractivity contribution in [2.45, 2.75) is 25.8 Å². The highest BCUT2D eigenvalue weighted by atomic mass is 15.6. The molecule has 0 N–H and O–H groups in total. The second kappa shape index (κ2) is 5.48. The van der Waals surface area contributed by atoms with Gasteiger partial charge in [0.1, 0.15) is 5.54 Å². The molecule has 0 fully saturated rings. The summed E-state index contributed by atoms with van der Waals surface area (Å²) >= 11 is 0. The summed E-state index contributed by atoms with van der Waals surface area (Å²) in [4.78, 5) is 1.70. The molecular weight excluding hydrogens is 260 g/mol. The number of aromatic nitrogens is 4. The third kappa shape index (κ3) is 2.84. The quantitative estimate of drug-likeness (QED) is 0.736. The Hall–Kier alpha value is -2.49. The first-order valence-electron chi connectivity index (χ1n) is 7.05. The molecule has 0 aliphatic rings. The van der Waals surface area contributed by atoms with Gasteiger partial charge in [0.15, 0.2) is 5.82 Å². The van der Waals surface area contributed by atoms with Crippen LogP contribution in [0.4, 0.5) is 0 Å². The summed E-state index contributed by atoms with van der Waals surface area (Å²) in [7, 11) is 0. The van der Waals surface area contributed by atoms with Gasteiger partial charge >= 0.3 is 0 Å². The van der Waals surface area contributed by atoms with Crippen LogP contribution < -0.4 is 0 Å². The van der Waals surface area contributed by atoms with Crippen LogP contribution in [0.3, 0.4) is 0 Å². The third-order valence-corrected chi connectivity index (χ3v) is 3.64. The van der Waals surface area contributed by atoms with Gasteiger partial charge in [0.2, 0.25) is 0 Å². The Morgan fingerprint density at radius 3 is 2.19 bits per heavy atom. The number of rotatable bonds is 4. The lowest BCUT2D eigenvalue weighted by Crippen LogP contribution is -2.30. The van der Waals surface area contributed by atoms with Crippen molar-refractivity contribution in [1.29, 1.82) is 0 Å². The summed E-state index contributed by atoms with van der Waals surface area (Å²) in [6.45, 7) is 4.19. The Kier molecular flexibility index (Phi) is 3.52. The molecule has 0 bridgehead atoms. The van der Waals surface area contributed by atoms with Gasteiger partial charge in [0, 0.05) is 6.42 Å².